The van der Waals surface area contributed by atoms with Gasteiger partial charge in [0.25, 0.3) is 5.91 Å². The Morgan fingerprint density at radius 2 is 1.50 bits per heavy atom. The van der Waals surface area contributed by atoms with Crippen LogP contribution < -0.4 is 10.7 Å². The molecule has 0 bridgehead atoms. The summed E-state index contributed by atoms with van der Waals surface area (Å²) in [5.41, 5.74) is 0.804. The summed E-state index contributed by atoms with van der Waals surface area (Å²) in [7, 11) is 0. The topological polar surface area (TPSA) is 137 Å². The van der Waals surface area contributed by atoms with E-state index in [1.54, 1.807) is 0 Å². The number of ketones is 1. The predicted octanol–water partition coefficient (Wildman–Crippen LogP) is 2.30. The van der Waals surface area contributed by atoms with Crippen molar-refractivity contribution in [2.45, 2.75) is 25.0 Å². The molecule has 1 unspecified atom stereocenters. The van der Waals surface area contributed by atoms with E-state index in [9.17, 15) is 24.3 Å². The highest BCUT2D eigenvalue weighted by molar-refractivity contribution is 5.97. The van der Waals surface area contributed by atoms with Gasteiger partial charge in [-0.2, -0.15) is 0 Å². The molecule has 0 fully saturated rings. The fraction of sp³-hybridized carbons (Fsp3) is 0.167. The van der Waals surface area contributed by atoms with Crippen LogP contribution in [-0.4, -0.2) is 39.0 Å². The van der Waals surface area contributed by atoms with E-state index >= 15 is 0 Å². The molecule has 0 aliphatic carbocycles. The highest BCUT2D eigenvalue weighted by Gasteiger charge is 2.21. The molecule has 3 aromatic rings. The molecule has 1 atom stereocenters. The van der Waals surface area contributed by atoms with Crippen LogP contribution in [-0.2, 0) is 4.79 Å². The molecule has 4 N–H and O–H groups in total. The van der Waals surface area contributed by atoms with E-state index in [1.807, 2.05) is 60.7 Å². The van der Waals surface area contributed by atoms with E-state index < -0.39 is 35.2 Å². The second kappa shape index (κ2) is 10.3. The van der Waals surface area contributed by atoms with Gasteiger partial charge in [0.2, 0.25) is 0 Å². The van der Waals surface area contributed by atoms with Crippen molar-refractivity contribution in [2.24, 2.45) is 0 Å². The van der Waals surface area contributed by atoms with Crippen molar-refractivity contribution in [3.63, 3.8) is 0 Å². The fourth-order valence-corrected chi connectivity index (χ4v) is 3.19. The van der Waals surface area contributed by atoms with Crippen LogP contribution in [0.15, 0.2) is 77.7 Å². The molecule has 164 valence electrons. The van der Waals surface area contributed by atoms with Gasteiger partial charge in [-0.3, -0.25) is 14.4 Å². The first kappa shape index (κ1) is 22.6. The third kappa shape index (κ3) is 5.55. The molecule has 32 heavy (non-hydrogen) atoms. The molecule has 1 heterocycles. The van der Waals surface area contributed by atoms with Crippen LogP contribution in [0.5, 0.6) is 0 Å². The van der Waals surface area contributed by atoms with Gasteiger partial charge in [-0.15, -0.1) is 0 Å². The lowest BCUT2D eigenvalue weighted by Crippen LogP contribution is -2.33. The lowest BCUT2D eigenvalue weighted by atomic mass is 9.98. The Morgan fingerprint density at radius 3 is 2.00 bits per heavy atom. The van der Waals surface area contributed by atoms with Crippen LogP contribution in [0.2, 0.25) is 0 Å². The number of Topliss-reactive ketones (excluding diaryl/α,β-unsaturated/α-hetero) is 1. The number of aromatic nitrogens is 1. The molecule has 2 aromatic carbocycles. The van der Waals surface area contributed by atoms with Crippen molar-refractivity contribution >= 4 is 17.7 Å². The Bertz CT molecular complexity index is 1120. The Morgan fingerprint density at radius 1 is 0.938 bits per heavy atom. The van der Waals surface area contributed by atoms with E-state index in [-0.39, 0.29) is 24.1 Å². The Hall–Kier alpha value is -4.04. The standard InChI is InChI=1S/C24H22N2O6/c27-19(11-12-20(28)24(31)32)18-13-21(29)17(14-25-18)23(30)26-22(15-7-3-1-4-8-15)16-9-5-2-6-10-16/h1-10,13-14,20,22,28H,11-12H2,(H,25,29)(H,26,30)(H,31,32). The number of aromatic amines is 1. The smallest absolute Gasteiger partial charge is 0.332 e. The number of carbonyl (C=O) groups excluding carboxylic acids is 2. The molecular formula is C24H22N2O6. The molecule has 1 amide bonds. The summed E-state index contributed by atoms with van der Waals surface area (Å²) in [6.45, 7) is 0. The number of rotatable bonds is 9. The highest BCUT2D eigenvalue weighted by atomic mass is 16.4. The van der Waals surface area contributed by atoms with E-state index in [1.165, 1.54) is 0 Å². The minimum absolute atomic E-state index is 0.0631. The van der Waals surface area contributed by atoms with Crippen LogP contribution in [0.25, 0.3) is 0 Å². The van der Waals surface area contributed by atoms with Gasteiger partial charge in [-0.1, -0.05) is 60.7 Å². The zero-order valence-corrected chi connectivity index (χ0v) is 17.0. The van der Waals surface area contributed by atoms with Gasteiger partial charge in [0.15, 0.2) is 17.3 Å². The average Bonchev–Trinajstić information content (AvgIpc) is 2.81. The summed E-state index contributed by atoms with van der Waals surface area (Å²) < 4.78 is 0. The summed E-state index contributed by atoms with van der Waals surface area (Å²) in [6.07, 6.45) is -1.05. The van der Waals surface area contributed by atoms with Crippen LogP contribution in [0.3, 0.4) is 0 Å². The van der Waals surface area contributed by atoms with Gasteiger partial charge in [0.05, 0.1) is 11.7 Å². The van der Waals surface area contributed by atoms with Gasteiger partial charge in [-0.05, 0) is 17.5 Å². The number of pyridine rings is 1. The summed E-state index contributed by atoms with van der Waals surface area (Å²) in [5, 5.41) is 20.8. The predicted molar refractivity (Wildman–Crippen MR) is 116 cm³/mol. The number of nitrogens with one attached hydrogen (secondary N) is 2. The minimum atomic E-state index is -1.66. The van der Waals surface area contributed by atoms with Crippen molar-refractivity contribution in [1.29, 1.82) is 0 Å². The van der Waals surface area contributed by atoms with Crippen LogP contribution in [0.1, 0.15) is 50.9 Å². The molecule has 8 nitrogen and oxygen atoms in total. The second-order valence-electron chi connectivity index (χ2n) is 7.17. The minimum Gasteiger partial charge on any atom is -0.479 e. The Balaban J connectivity index is 1.78. The molecule has 0 radical (unpaired) electrons. The van der Waals surface area contributed by atoms with Crippen molar-refractivity contribution in [1.82, 2.24) is 10.3 Å². The molecule has 3 rings (SSSR count). The second-order valence-corrected chi connectivity index (χ2v) is 7.17. The average molecular weight is 434 g/mol. The highest BCUT2D eigenvalue weighted by Crippen LogP contribution is 2.22. The normalized spacial score (nSPS) is 11.7. The van der Waals surface area contributed by atoms with Gasteiger partial charge in [-0.25, -0.2) is 4.79 Å². The number of H-pyrrole nitrogens is 1. The van der Waals surface area contributed by atoms with Crippen molar-refractivity contribution in [3.05, 3.63) is 106 Å². The molecule has 0 aliphatic heterocycles. The van der Waals surface area contributed by atoms with Crippen LogP contribution >= 0.6 is 0 Å². The number of carboxylic acids is 1. The van der Waals surface area contributed by atoms with Crippen LogP contribution in [0.4, 0.5) is 0 Å². The quantitative estimate of drug-likeness (QED) is 0.382. The first-order valence-corrected chi connectivity index (χ1v) is 9.94. The zero-order chi connectivity index (χ0) is 23.1. The Kier molecular flexibility index (Phi) is 7.30. The van der Waals surface area contributed by atoms with Crippen molar-refractivity contribution < 1.29 is 24.6 Å². The largest absolute Gasteiger partial charge is 0.479 e. The molecule has 0 spiro atoms. The van der Waals surface area contributed by atoms with Gasteiger partial charge in [0, 0.05) is 18.7 Å². The maximum Gasteiger partial charge on any atom is 0.332 e. The van der Waals surface area contributed by atoms with E-state index in [0.717, 1.165) is 23.4 Å². The molecule has 1 aromatic heterocycles. The van der Waals surface area contributed by atoms with Crippen molar-refractivity contribution in [3.8, 4) is 0 Å². The summed E-state index contributed by atoms with van der Waals surface area (Å²) in [4.78, 5) is 50.8. The van der Waals surface area contributed by atoms with Gasteiger partial charge < -0.3 is 20.5 Å². The Labute approximate surface area is 183 Å². The first-order chi connectivity index (χ1) is 15.4. The summed E-state index contributed by atoms with van der Waals surface area (Å²) >= 11 is 0. The number of hydrogen-bond donors (Lipinski definition) is 4. The molecule has 0 saturated carbocycles. The molecule has 8 heteroatoms. The number of aliphatic hydroxyl groups is 1. The first-order valence-electron chi connectivity index (χ1n) is 9.94. The molecular weight excluding hydrogens is 412 g/mol. The molecule has 0 aliphatic rings. The number of amides is 1. The molecule has 0 saturated heterocycles. The number of aliphatic hydroxyl groups excluding tert-OH is 1. The maximum atomic E-state index is 12.9. The number of carboxylic acid groups (broad SMARTS) is 1. The van der Waals surface area contributed by atoms with E-state index in [2.05, 4.69) is 10.3 Å². The van der Waals surface area contributed by atoms with Crippen LogP contribution in [0, 0.1) is 0 Å². The number of aliphatic carboxylic acids is 1. The summed E-state index contributed by atoms with van der Waals surface area (Å²) in [5.74, 6) is -2.57. The fourth-order valence-electron chi connectivity index (χ4n) is 3.19. The lowest BCUT2D eigenvalue weighted by Gasteiger charge is -2.20. The third-order valence-corrected chi connectivity index (χ3v) is 4.93. The van der Waals surface area contributed by atoms with E-state index in [4.69, 9.17) is 5.11 Å². The number of carbonyl (C=O) groups is 3. The number of benzene rings is 2. The number of hydrogen-bond acceptors (Lipinski definition) is 5. The van der Waals surface area contributed by atoms with E-state index in [0.29, 0.717) is 0 Å². The maximum absolute atomic E-state index is 12.9. The monoisotopic (exact) mass is 434 g/mol. The van der Waals surface area contributed by atoms with Gasteiger partial charge in [0.1, 0.15) is 5.56 Å². The SMILES string of the molecule is O=C(CCC(O)C(=O)O)c1cc(=O)c(C(=O)NC(c2ccccc2)c2ccccc2)c[nH]1. The van der Waals surface area contributed by atoms with Crippen molar-refractivity contribution in [2.75, 3.05) is 0 Å². The van der Waals surface area contributed by atoms with Gasteiger partial charge >= 0.3 is 5.97 Å². The summed E-state index contributed by atoms with van der Waals surface area (Å²) in [6, 6.07) is 19.1. The lowest BCUT2D eigenvalue weighted by molar-refractivity contribution is -0.146. The third-order valence-electron chi connectivity index (χ3n) is 4.93. The zero-order valence-electron chi connectivity index (χ0n) is 17.0.